The Morgan fingerprint density at radius 1 is 1.21 bits per heavy atom. The van der Waals surface area contributed by atoms with Crippen LogP contribution in [-0.2, 0) is 27.1 Å². The van der Waals surface area contributed by atoms with Crippen LogP contribution >= 0.6 is 11.6 Å². The Bertz CT molecular complexity index is 1050. The minimum atomic E-state index is -0.874. The zero-order chi connectivity index (χ0) is 24.5. The molecular weight excluding hydrogens is 456 g/mol. The molecule has 0 saturated carbocycles. The van der Waals surface area contributed by atoms with E-state index >= 15 is 0 Å². The van der Waals surface area contributed by atoms with Crippen molar-refractivity contribution in [1.29, 1.82) is 0 Å². The molecule has 0 aromatic carbocycles. The molecule has 0 spiro atoms. The lowest BCUT2D eigenvalue weighted by atomic mass is 9.89. The first kappa shape index (κ1) is 24.6. The Hall–Kier alpha value is -2.49. The number of fused-ring (bicyclic) bond motifs is 2. The fourth-order valence-electron chi connectivity index (χ4n) is 4.53. The van der Waals surface area contributed by atoms with Crippen molar-refractivity contribution < 1.29 is 14.3 Å². The average molecular weight is 489 g/mol. The molecule has 184 valence electrons. The molecule has 1 aromatic rings. The predicted octanol–water partition coefficient (Wildman–Crippen LogP) is 2.76. The number of aromatic nitrogens is 2. The summed E-state index contributed by atoms with van der Waals surface area (Å²) in [6.07, 6.45) is 6.00. The molecular formula is C24H33ClN6O3. The number of aliphatic imine (C=N–C) groups is 1. The third kappa shape index (κ3) is 4.82. The molecule has 3 atom stereocenters. The van der Waals surface area contributed by atoms with Crippen LogP contribution in [0, 0.1) is 5.92 Å². The molecule has 10 heteroatoms. The second kappa shape index (κ2) is 10.0. The van der Waals surface area contributed by atoms with E-state index in [1.54, 1.807) is 20.4 Å². The average Bonchev–Trinajstić information content (AvgIpc) is 3.24. The molecule has 3 unspecified atom stereocenters. The molecule has 1 aliphatic carbocycles. The van der Waals surface area contributed by atoms with Crippen LogP contribution in [0.2, 0.25) is 0 Å². The van der Waals surface area contributed by atoms with E-state index in [1.165, 1.54) is 0 Å². The van der Waals surface area contributed by atoms with Crippen molar-refractivity contribution in [2.24, 2.45) is 10.9 Å². The summed E-state index contributed by atoms with van der Waals surface area (Å²) in [7, 11) is 3.37. The number of halogens is 1. The van der Waals surface area contributed by atoms with Gasteiger partial charge in [-0.1, -0.05) is 18.5 Å². The summed E-state index contributed by atoms with van der Waals surface area (Å²) >= 11 is 6.29. The highest BCUT2D eigenvalue weighted by atomic mass is 35.5. The van der Waals surface area contributed by atoms with Crippen LogP contribution in [0.25, 0.3) is 5.57 Å². The van der Waals surface area contributed by atoms with Gasteiger partial charge in [-0.2, -0.15) is 0 Å². The first-order valence-corrected chi connectivity index (χ1v) is 12.1. The van der Waals surface area contributed by atoms with Crippen LogP contribution in [0.1, 0.15) is 50.7 Å². The van der Waals surface area contributed by atoms with Crippen molar-refractivity contribution >= 4 is 34.7 Å². The van der Waals surface area contributed by atoms with Crippen molar-refractivity contribution in [3.05, 3.63) is 34.5 Å². The zero-order valence-electron chi connectivity index (χ0n) is 20.4. The molecule has 1 amide bonds. The van der Waals surface area contributed by atoms with Crippen LogP contribution in [0.4, 0.5) is 5.82 Å². The summed E-state index contributed by atoms with van der Waals surface area (Å²) in [5, 5.41) is 10.3. The van der Waals surface area contributed by atoms with E-state index in [0.29, 0.717) is 42.5 Å². The number of carbonyl (C=O) groups is 1. The van der Waals surface area contributed by atoms with E-state index in [-0.39, 0.29) is 24.0 Å². The van der Waals surface area contributed by atoms with Gasteiger partial charge in [0.2, 0.25) is 5.91 Å². The first-order valence-electron chi connectivity index (χ1n) is 11.7. The molecule has 9 nitrogen and oxygen atoms in total. The van der Waals surface area contributed by atoms with Gasteiger partial charge in [-0.15, -0.1) is 0 Å². The Morgan fingerprint density at radius 2 is 1.94 bits per heavy atom. The highest BCUT2D eigenvalue weighted by Crippen LogP contribution is 2.37. The van der Waals surface area contributed by atoms with Gasteiger partial charge in [0.15, 0.2) is 5.82 Å². The fourth-order valence-corrected chi connectivity index (χ4v) is 4.73. The van der Waals surface area contributed by atoms with Crippen molar-refractivity contribution in [3.8, 4) is 0 Å². The largest absolute Gasteiger partial charge is 0.378 e. The summed E-state index contributed by atoms with van der Waals surface area (Å²) in [6, 6.07) is 0. The number of hydrogen-bond donors (Lipinski definition) is 3. The molecule has 2 aliphatic heterocycles. The van der Waals surface area contributed by atoms with Crippen LogP contribution in [0.5, 0.6) is 0 Å². The maximum atomic E-state index is 12.9. The number of amidine groups is 1. The summed E-state index contributed by atoms with van der Waals surface area (Å²) in [4.78, 5) is 27.2. The minimum absolute atomic E-state index is 0.0298. The monoisotopic (exact) mass is 488 g/mol. The Morgan fingerprint density at radius 3 is 2.65 bits per heavy atom. The van der Waals surface area contributed by atoms with Crippen LogP contribution < -0.4 is 16.0 Å². The number of anilines is 1. The summed E-state index contributed by atoms with van der Waals surface area (Å²) in [5.41, 5.74) is 1.89. The van der Waals surface area contributed by atoms with Gasteiger partial charge in [-0.25, -0.2) is 15.0 Å². The first-order chi connectivity index (χ1) is 16.3. The number of nitrogens with zero attached hydrogens (tertiary/aromatic N) is 3. The molecule has 34 heavy (non-hydrogen) atoms. The number of carbonyl (C=O) groups excluding carboxylic acids is 1. The maximum Gasteiger partial charge on any atom is 0.245 e. The molecule has 0 bridgehead atoms. The Labute approximate surface area is 205 Å². The second-order valence-electron chi connectivity index (χ2n) is 9.37. The van der Waals surface area contributed by atoms with Gasteiger partial charge in [0, 0.05) is 62.2 Å². The van der Waals surface area contributed by atoms with Gasteiger partial charge in [0.05, 0.1) is 23.8 Å². The standard InChI is InChI=1S/C24H33ClN6O3/c1-6-7-26-23(32)24(2,3)31-22-15-9-18(33-4)19(34-5)10-17(15)29-21(30-22)16-12-28-20-14(16)8-13(25)11-27-20/h11-12,14,18-19H,6-10H2,1-5H3,(H,26,32)(H,27,28)(H,29,30,31). The number of nitrogens with one attached hydrogen (secondary N) is 3. The molecule has 0 fully saturated rings. The van der Waals surface area contributed by atoms with E-state index < -0.39 is 5.54 Å². The van der Waals surface area contributed by atoms with E-state index in [2.05, 4.69) is 20.9 Å². The van der Waals surface area contributed by atoms with Gasteiger partial charge in [-0.3, -0.25) is 4.79 Å². The predicted molar refractivity (Wildman–Crippen MR) is 133 cm³/mol. The van der Waals surface area contributed by atoms with Crippen molar-refractivity contribution in [2.75, 3.05) is 26.1 Å². The lowest BCUT2D eigenvalue weighted by Gasteiger charge is -2.34. The van der Waals surface area contributed by atoms with Gasteiger partial charge in [0.25, 0.3) is 0 Å². The van der Waals surface area contributed by atoms with E-state index in [1.807, 2.05) is 27.0 Å². The van der Waals surface area contributed by atoms with Gasteiger partial charge >= 0.3 is 0 Å². The maximum absolute atomic E-state index is 12.9. The summed E-state index contributed by atoms with van der Waals surface area (Å²) < 4.78 is 11.4. The second-order valence-corrected chi connectivity index (χ2v) is 9.86. The highest BCUT2D eigenvalue weighted by molar-refractivity contribution is 6.30. The normalized spacial score (nSPS) is 23.7. The highest BCUT2D eigenvalue weighted by Gasteiger charge is 2.37. The number of hydrogen-bond acceptors (Lipinski definition) is 8. The number of rotatable bonds is 8. The lowest BCUT2D eigenvalue weighted by molar-refractivity contribution is -0.124. The van der Waals surface area contributed by atoms with Gasteiger partial charge < -0.3 is 25.4 Å². The third-order valence-electron chi connectivity index (χ3n) is 6.53. The minimum Gasteiger partial charge on any atom is -0.378 e. The van der Waals surface area contributed by atoms with Crippen LogP contribution in [0.3, 0.4) is 0 Å². The molecule has 0 saturated heterocycles. The lowest BCUT2D eigenvalue weighted by Crippen LogP contribution is -2.49. The number of ether oxygens (including phenoxy) is 2. The fraction of sp³-hybridized carbons (Fsp3) is 0.583. The van der Waals surface area contributed by atoms with Crippen molar-refractivity contribution in [2.45, 2.75) is 64.2 Å². The topological polar surface area (TPSA) is 110 Å². The Balaban J connectivity index is 1.73. The molecule has 0 radical (unpaired) electrons. The van der Waals surface area contributed by atoms with Gasteiger partial charge in [-0.05, 0) is 26.7 Å². The number of amides is 1. The summed E-state index contributed by atoms with van der Waals surface area (Å²) in [6.45, 7) is 6.36. The number of allylic oxidation sites excluding steroid dienone is 1. The van der Waals surface area contributed by atoms with E-state index in [4.69, 9.17) is 31.0 Å². The third-order valence-corrected chi connectivity index (χ3v) is 6.78. The number of methoxy groups -OCH3 is 2. The molecule has 4 rings (SSSR count). The molecule has 3 heterocycles. The van der Waals surface area contributed by atoms with Crippen LogP contribution in [0.15, 0.2) is 22.4 Å². The zero-order valence-corrected chi connectivity index (χ0v) is 21.1. The quantitative estimate of drug-likeness (QED) is 0.516. The molecule has 1 aromatic heterocycles. The van der Waals surface area contributed by atoms with E-state index in [0.717, 1.165) is 29.1 Å². The molecule has 3 aliphatic rings. The smallest absolute Gasteiger partial charge is 0.245 e. The van der Waals surface area contributed by atoms with Crippen molar-refractivity contribution in [1.82, 2.24) is 20.6 Å². The summed E-state index contributed by atoms with van der Waals surface area (Å²) in [5.74, 6) is 1.95. The molecule has 3 N–H and O–H groups in total. The van der Waals surface area contributed by atoms with E-state index in [9.17, 15) is 4.79 Å². The SMILES string of the molecule is CCCNC(=O)C(C)(C)Nc1nc(C2=CNC3=NC=C(Cl)CC23)nc2c1CC(OC)C(OC)C2. The van der Waals surface area contributed by atoms with Gasteiger partial charge in [0.1, 0.15) is 17.2 Å². The van der Waals surface area contributed by atoms with Crippen molar-refractivity contribution in [3.63, 3.8) is 0 Å². The Kier molecular flexibility index (Phi) is 7.25. The van der Waals surface area contributed by atoms with Crippen LogP contribution in [-0.4, -0.2) is 60.2 Å².